The lowest BCUT2D eigenvalue weighted by Crippen LogP contribution is -2.36. The van der Waals surface area contributed by atoms with E-state index in [0.29, 0.717) is 17.4 Å². The van der Waals surface area contributed by atoms with Crippen LogP contribution in [0.4, 0.5) is 0 Å². The standard InChI is InChI=1S/C14H13BrN4O2/c1-2-18(6-5-16)13(20)8-19-9-17-12-4-3-10(15)7-11(12)14(19)21/h3-4,7,9H,2,6,8H2,1H3. The van der Waals surface area contributed by atoms with Gasteiger partial charge < -0.3 is 4.90 Å². The molecule has 0 spiro atoms. The topological polar surface area (TPSA) is 79.0 Å². The van der Waals surface area contributed by atoms with Gasteiger partial charge in [0, 0.05) is 11.0 Å². The third-order valence-corrected chi connectivity index (χ3v) is 3.58. The highest BCUT2D eigenvalue weighted by Crippen LogP contribution is 2.14. The lowest BCUT2D eigenvalue weighted by molar-refractivity contribution is -0.131. The van der Waals surface area contributed by atoms with E-state index in [1.165, 1.54) is 15.8 Å². The number of fused-ring (bicyclic) bond motifs is 1. The van der Waals surface area contributed by atoms with Gasteiger partial charge in [0.15, 0.2) is 0 Å². The quantitative estimate of drug-likeness (QED) is 0.785. The van der Waals surface area contributed by atoms with Crippen molar-refractivity contribution in [2.75, 3.05) is 13.1 Å². The summed E-state index contributed by atoms with van der Waals surface area (Å²) in [6.45, 7) is 2.10. The molecule has 0 aliphatic heterocycles. The van der Waals surface area contributed by atoms with Crippen molar-refractivity contribution in [3.05, 3.63) is 39.4 Å². The smallest absolute Gasteiger partial charge is 0.261 e. The highest BCUT2D eigenvalue weighted by atomic mass is 79.9. The molecule has 0 aliphatic carbocycles. The van der Waals surface area contributed by atoms with Gasteiger partial charge in [-0.3, -0.25) is 14.2 Å². The number of carbonyl (C=O) groups excluding carboxylic acids is 1. The molecule has 1 heterocycles. The molecule has 0 N–H and O–H groups in total. The van der Waals surface area contributed by atoms with Crippen molar-refractivity contribution in [2.45, 2.75) is 13.5 Å². The zero-order chi connectivity index (χ0) is 15.4. The number of hydrogen-bond donors (Lipinski definition) is 0. The van der Waals surface area contributed by atoms with E-state index >= 15 is 0 Å². The van der Waals surface area contributed by atoms with Gasteiger partial charge >= 0.3 is 0 Å². The molecule has 2 rings (SSSR count). The van der Waals surface area contributed by atoms with E-state index in [-0.39, 0.29) is 24.6 Å². The van der Waals surface area contributed by atoms with Crippen molar-refractivity contribution in [1.82, 2.24) is 14.5 Å². The maximum Gasteiger partial charge on any atom is 0.261 e. The van der Waals surface area contributed by atoms with Crippen molar-refractivity contribution >= 4 is 32.7 Å². The summed E-state index contributed by atoms with van der Waals surface area (Å²) in [7, 11) is 0. The fraction of sp³-hybridized carbons (Fsp3) is 0.286. The first-order chi connectivity index (χ1) is 10.1. The Morgan fingerprint density at radius 2 is 2.29 bits per heavy atom. The summed E-state index contributed by atoms with van der Waals surface area (Å²) < 4.78 is 2.04. The van der Waals surface area contributed by atoms with Crippen LogP contribution in [0.1, 0.15) is 6.92 Å². The van der Waals surface area contributed by atoms with Crippen molar-refractivity contribution in [2.24, 2.45) is 0 Å². The maximum atomic E-state index is 12.4. The van der Waals surface area contributed by atoms with E-state index in [0.717, 1.165) is 4.47 Å². The molecule has 7 heteroatoms. The number of likely N-dealkylation sites (N-methyl/N-ethyl adjacent to an activating group) is 1. The molecular weight excluding hydrogens is 336 g/mol. The molecule has 0 aliphatic rings. The van der Waals surface area contributed by atoms with Crippen molar-refractivity contribution in [3.8, 4) is 6.07 Å². The average molecular weight is 349 g/mol. The minimum Gasteiger partial charge on any atom is -0.328 e. The van der Waals surface area contributed by atoms with Crippen LogP contribution in [-0.4, -0.2) is 33.4 Å². The summed E-state index contributed by atoms with van der Waals surface area (Å²) in [6.07, 6.45) is 1.36. The third-order valence-electron chi connectivity index (χ3n) is 3.09. The first kappa shape index (κ1) is 15.2. The van der Waals surface area contributed by atoms with E-state index in [4.69, 9.17) is 5.26 Å². The first-order valence-electron chi connectivity index (χ1n) is 6.36. The minimum absolute atomic E-state index is 0.0106. The van der Waals surface area contributed by atoms with Crippen LogP contribution in [0.15, 0.2) is 33.8 Å². The predicted molar refractivity (Wildman–Crippen MR) is 81.6 cm³/mol. The third kappa shape index (κ3) is 3.28. The number of amides is 1. The van der Waals surface area contributed by atoms with Gasteiger partial charge in [0.25, 0.3) is 5.56 Å². The van der Waals surface area contributed by atoms with Crippen LogP contribution >= 0.6 is 15.9 Å². The Hall–Kier alpha value is -2.20. The molecule has 1 amide bonds. The van der Waals surface area contributed by atoms with Crippen molar-refractivity contribution in [1.29, 1.82) is 5.26 Å². The van der Waals surface area contributed by atoms with Gasteiger partial charge in [0.05, 0.1) is 23.3 Å². The summed E-state index contributed by atoms with van der Waals surface area (Å²) in [6, 6.07) is 7.15. The second-order valence-corrected chi connectivity index (χ2v) is 5.32. The van der Waals surface area contributed by atoms with Crippen LogP contribution in [0.2, 0.25) is 0 Å². The maximum absolute atomic E-state index is 12.4. The fourth-order valence-corrected chi connectivity index (χ4v) is 2.31. The normalized spacial score (nSPS) is 10.3. The van der Waals surface area contributed by atoms with Gasteiger partial charge in [-0.05, 0) is 25.1 Å². The monoisotopic (exact) mass is 348 g/mol. The molecule has 0 saturated heterocycles. The molecule has 108 valence electrons. The Morgan fingerprint density at radius 1 is 1.52 bits per heavy atom. The Kier molecular flexibility index (Phi) is 4.70. The van der Waals surface area contributed by atoms with Gasteiger partial charge in [-0.2, -0.15) is 5.26 Å². The molecule has 0 fully saturated rings. The highest BCUT2D eigenvalue weighted by Gasteiger charge is 2.13. The van der Waals surface area contributed by atoms with Crippen molar-refractivity contribution in [3.63, 3.8) is 0 Å². The number of carbonyl (C=O) groups is 1. The summed E-state index contributed by atoms with van der Waals surface area (Å²) in [5.74, 6) is -0.280. The van der Waals surface area contributed by atoms with Gasteiger partial charge in [0.1, 0.15) is 13.1 Å². The van der Waals surface area contributed by atoms with Gasteiger partial charge in [-0.1, -0.05) is 15.9 Å². The molecule has 0 radical (unpaired) electrons. The molecular formula is C14H13BrN4O2. The molecule has 1 aromatic heterocycles. The molecule has 0 saturated carbocycles. The zero-order valence-corrected chi connectivity index (χ0v) is 13.0. The number of nitrogens with zero attached hydrogens (tertiary/aromatic N) is 4. The van der Waals surface area contributed by atoms with Crippen LogP contribution in [0.5, 0.6) is 0 Å². The predicted octanol–water partition coefficient (Wildman–Crippen LogP) is 1.53. The molecule has 2 aromatic rings. The Balaban J connectivity index is 2.35. The number of hydrogen-bond acceptors (Lipinski definition) is 4. The average Bonchev–Trinajstić information content (AvgIpc) is 2.48. The number of aromatic nitrogens is 2. The van der Waals surface area contributed by atoms with Gasteiger partial charge in [-0.15, -0.1) is 0 Å². The van der Waals surface area contributed by atoms with E-state index < -0.39 is 0 Å². The Bertz CT molecular complexity index is 779. The number of benzene rings is 1. The van der Waals surface area contributed by atoms with Crippen LogP contribution in [0.3, 0.4) is 0 Å². The summed E-state index contributed by atoms with van der Waals surface area (Å²) in [4.78, 5) is 30.0. The van der Waals surface area contributed by atoms with Crippen molar-refractivity contribution < 1.29 is 4.79 Å². The SMILES string of the molecule is CCN(CC#N)C(=O)Cn1cnc2ccc(Br)cc2c1=O. The molecule has 6 nitrogen and oxygen atoms in total. The number of halogens is 1. The number of nitriles is 1. The van der Waals surface area contributed by atoms with E-state index in [2.05, 4.69) is 20.9 Å². The molecule has 0 atom stereocenters. The van der Waals surface area contributed by atoms with Crippen LogP contribution < -0.4 is 5.56 Å². The van der Waals surface area contributed by atoms with Gasteiger partial charge in [-0.25, -0.2) is 4.98 Å². The summed E-state index contributed by atoms with van der Waals surface area (Å²) >= 11 is 3.31. The van der Waals surface area contributed by atoms with Crippen LogP contribution in [0.25, 0.3) is 10.9 Å². The van der Waals surface area contributed by atoms with E-state index in [1.54, 1.807) is 25.1 Å². The Labute approximate surface area is 129 Å². The highest BCUT2D eigenvalue weighted by molar-refractivity contribution is 9.10. The molecule has 1 aromatic carbocycles. The van der Waals surface area contributed by atoms with Gasteiger partial charge in [0.2, 0.25) is 5.91 Å². The lowest BCUT2D eigenvalue weighted by atomic mass is 10.2. The van der Waals surface area contributed by atoms with Crippen LogP contribution in [0, 0.1) is 11.3 Å². The molecule has 0 bridgehead atoms. The summed E-state index contributed by atoms with van der Waals surface area (Å²) in [5, 5.41) is 9.13. The second kappa shape index (κ2) is 6.50. The minimum atomic E-state index is -0.280. The zero-order valence-electron chi connectivity index (χ0n) is 11.4. The second-order valence-electron chi connectivity index (χ2n) is 4.41. The molecule has 21 heavy (non-hydrogen) atoms. The first-order valence-corrected chi connectivity index (χ1v) is 7.15. The van der Waals surface area contributed by atoms with E-state index in [1.807, 2.05) is 6.07 Å². The number of rotatable bonds is 4. The van der Waals surface area contributed by atoms with Crippen LogP contribution in [-0.2, 0) is 11.3 Å². The molecule has 0 unspecified atom stereocenters. The fourth-order valence-electron chi connectivity index (χ4n) is 1.95. The summed E-state index contributed by atoms with van der Waals surface area (Å²) in [5.41, 5.74) is 0.305. The van der Waals surface area contributed by atoms with E-state index in [9.17, 15) is 9.59 Å². The lowest BCUT2D eigenvalue weighted by Gasteiger charge is -2.17. The Morgan fingerprint density at radius 3 is 2.95 bits per heavy atom. The largest absolute Gasteiger partial charge is 0.328 e.